The fourth-order valence-corrected chi connectivity index (χ4v) is 2.55. The number of hydrogen-bond acceptors (Lipinski definition) is 4. The molecule has 0 aromatic carbocycles. The Morgan fingerprint density at radius 2 is 2.12 bits per heavy atom. The summed E-state index contributed by atoms with van der Waals surface area (Å²) in [7, 11) is 0. The molecule has 17 heavy (non-hydrogen) atoms. The van der Waals surface area contributed by atoms with Crippen LogP contribution >= 0.6 is 22.6 Å². The van der Waals surface area contributed by atoms with Crippen molar-refractivity contribution in [2.75, 3.05) is 18.5 Å². The number of ether oxygens (including phenoxy) is 1. The Bertz CT molecular complexity index is 394. The number of hydrogen-bond donors (Lipinski definition) is 1. The van der Waals surface area contributed by atoms with E-state index in [0.29, 0.717) is 19.1 Å². The van der Waals surface area contributed by atoms with Crippen molar-refractivity contribution in [1.29, 1.82) is 0 Å². The molecule has 1 saturated carbocycles. The molecule has 0 amide bonds. The summed E-state index contributed by atoms with van der Waals surface area (Å²) in [6.45, 7) is 6.15. The molecule has 0 aliphatic heterocycles. The summed E-state index contributed by atoms with van der Waals surface area (Å²) in [5, 5.41) is 3.30. The van der Waals surface area contributed by atoms with Crippen molar-refractivity contribution in [3.8, 4) is 0 Å². The Hall–Kier alpha value is -0.430. The lowest BCUT2D eigenvalue weighted by molar-refractivity contribution is 0.128. The van der Waals surface area contributed by atoms with Crippen LogP contribution in [0.3, 0.4) is 0 Å². The number of aromatic nitrogens is 2. The highest BCUT2D eigenvalue weighted by Crippen LogP contribution is 2.42. The third kappa shape index (κ3) is 3.28. The molecule has 0 unspecified atom stereocenters. The molecular weight excluding hydrogens is 329 g/mol. The summed E-state index contributed by atoms with van der Waals surface area (Å²) in [5.74, 6) is 2.40. The highest BCUT2D eigenvalue weighted by Gasteiger charge is 2.29. The van der Waals surface area contributed by atoms with Crippen molar-refractivity contribution in [3.63, 3.8) is 0 Å². The van der Waals surface area contributed by atoms with Gasteiger partial charge in [0.05, 0.1) is 9.26 Å². The molecular formula is C12H18IN3O. The van der Waals surface area contributed by atoms with Gasteiger partial charge in [0.2, 0.25) is 0 Å². The first-order valence-corrected chi connectivity index (χ1v) is 7.22. The Morgan fingerprint density at radius 3 is 2.71 bits per heavy atom. The number of nitrogens with zero attached hydrogens (tertiary/aromatic N) is 2. The van der Waals surface area contributed by atoms with Crippen molar-refractivity contribution in [2.24, 2.45) is 0 Å². The zero-order chi connectivity index (χ0) is 12.3. The van der Waals surface area contributed by atoms with E-state index in [9.17, 15) is 0 Å². The summed E-state index contributed by atoms with van der Waals surface area (Å²) in [6, 6.07) is 0. The molecule has 0 saturated heterocycles. The fraction of sp³-hybridized carbons (Fsp3) is 0.667. The van der Waals surface area contributed by atoms with Gasteiger partial charge in [0.15, 0.2) is 5.82 Å². The molecule has 0 bridgehead atoms. The average Bonchev–Trinajstić information content (AvgIpc) is 3.14. The molecule has 4 nitrogen and oxygen atoms in total. The average molecular weight is 347 g/mol. The number of nitrogens with one attached hydrogen (secondary N) is 1. The van der Waals surface area contributed by atoms with Crippen LogP contribution in [0.2, 0.25) is 0 Å². The van der Waals surface area contributed by atoms with Gasteiger partial charge < -0.3 is 10.1 Å². The second-order valence-corrected chi connectivity index (χ2v) is 5.21. The molecule has 2 rings (SSSR count). The fourth-order valence-electron chi connectivity index (χ4n) is 1.68. The molecule has 1 heterocycles. The Morgan fingerprint density at radius 1 is 1.35 bits per heavy atom. The molecule has 94 valence electrons. The predicted octanol–water partition coefficient (Wildman–Crippen LogP) is 2.93. The lowest BCUT2D eigenvalue weighted by Crippen LogP contribution is -2.10. The van der Waals surface area contributed by atoms with Gasteiger partial charge in [-0.15, -0.1) is 0 Å². The van der Waals surface area contributed by atoms with Gasteiger partial charge >= 0.3 is 0 Å². The van der Waals surface area contributed by atoms with E-state index in [2.05, 4.69) is 44.8 Å². The lowest BCUT2D eigenvalue weighted by Gasteiger charge is -2.11. The van der Waals surface area contributed by atoms with E-state index in [0.717, 1.165) is 18.2 Å². The number of rotatable bonds is 6. The normalized spacial score (nSPS) is 15.0. The lowest BCUT2D eigenvalue weighted by atomic mass is 10.2. The first-order valence-electron chi connectivity index (χ1n) is 6.14. The minimum absolute atomic E-state index is 0.505. The molecule has 1 N–H and O–H groups in total. The van der Waals surface area contributed by atoms with Crippen LogP contribution in [0.25, 0.3) is 0 Å². The van der Waals surface area contributed by atoms with Crippen LogP contribution in [0.15, 0.2) is 0 Å². The van der Waals surface area contributed by atoms with E-state index in [1.165, 1.54) is 22.1 Å². The van der Waals surface area contributed by atoms with Crippen LogP contribution in [-0.4, -0.2) is 23.1 Å². The second-order valence-electron chi connectivity index (χ2n) is 4.13. The Labute approximate surface area is 116 Å². The van der Waals surface area contributed by atoms with Gasteiger partial charge in [-0.2, -0.15) is 0 Å². The van der Waals surface area contributed by atoms with E-state index in [1.54, 1.807) is 0 Å². The molecule has 0 spiro atoms. The molecule has 0 atom stereocenters. The van der Waals surface area contributed by atoms with Gasteiger partial charge in [-0.1, -0.05) is 0 Å². The zero-order valence-corrected chi connectivity index (χ0v) is 12.5. The minimum atomic E-state index is 0.505. The van der Waals surface area contributed by atoms with Crippen molar-refractivity contribution >= 4 is 28.4 Å². The van der Waals surface area contributed by atoms with Crippen LogP contribution in [-0.2, 0) is 11.3 Å². The van der Waals surface area contributed by atoms with Crippen LogP contribution in [0.4, 0.5) is 5.82 Å². The van der Waals surface area contributed by atoms with Gasteiger partial charge in [-0.05, 0) is 49.3 Å². The summed E-state index contributed by atoms with van der Waals surface area (Å²) in [4.78, 5) is 9.15. The largest absolute Gasteiger partial charge is 0.374 e. The van der Waals surface area contributed by atoms with Crippen molar-refractivity contribution in [2.45, 2.75) is 39.2 Å². The van der Waals surface area contributed by atoms with Crippen LogP contribution in [0, 0.1) is 3.57 Å². The van der Waals surface area contributed by atoms with Crippen LogP contribution in [0.5, 0.6) is 0 Å². The van der Waals surface area contributed by atoms with Crippen LogP contribution < -0.4 is 5.32 Å². The van der Waals surface area contributed by atoms with Crippen LogP contribution in [0.1, 0.15) is 44.1 Å². The Kier molecular flexibility index (Phi) is 4.55. The van der Waals surface area contributed by atoms with E-state index >= 15 is 0 Å². The standard InChI is InChI=1S/C12H18IN3O/c1-3-14-12-10(13)11(8-5-6-8)15-9(16-12)7-17-4-2/h8H,3-7H2,1-2H3,(H,14,15,16). The van der Waals surface area contributed by atoms with Gasteiger partial charge in [0.25, 0.3) is 0 Å². The third-order valence-corrected chi connectivity index (χ3v) is 3.73. The van der Waals surface area contributed by atoms with E-state index in [4.69, 9.17) is 4.74 Å². The van der Waals surface area contributed by atoms with Crippen molar-refractivity contribution in [1.82, 2.24) is 9.97 Å². The first-order chi connectivity index (χ1) is 8.26. The quantitative estimate of drug-likeness (QED) is 0.804. The molecule has 1 aliphatic carbocycles. The molecule has 1 aliphatic rings. The van der Waals surface area contributed by atoms with Crippen molar-refractivity contribution in [3.05, 3.63) is 15.1 Å². The van der Waals surface area contributed by atoms with Gasteiger partial charge in [-0.25, -0.2) is 9.97 Å². The maximum Gasteiger partial charge on any atom is 0.156 e. The predicted molar refractivity (Wildman–Crippen MR) is 76.2 cm³/mol. The summed E-state index contributed by atoms with van der Waals surface area (Å²) < 4.78 is 6.57. The topological polar surface area (TPSA) is 47.0 Å². The van der Waals surface area contributed by atoms with Gasteiger partial charge in [-0.3, -0.25) is 0 Å². The SMILES string of the molecule is CCNc1nc(COCC)nc(C2CC2)c1I. The highest BCUT2D eigenvalue weighted by atomic mass is 127. The maximum atomic E-state index is 5.39. The minimum Gasteiger partial charge on any atom is -0.374 e. The van der Waals surface area contributed by atoms with Gasteiger partial charge in [0.1, 0.15) is 12.4 Å². The molecule has 1 fully saturated rings. The zero-order valence-electron chi connectivity index (χ0n) is 10.3. The van der Waals surface area contributed by atoms with Gasteiger partial charge in [0, 0.05) is 19.1 Å². The summed E-state index contributed by atoms with van der Waals surface area (Å²) in [6.07, 6.45) is 2.51. The smallest absolute Gasteiger partial charge is 0.156 e. The molecule has 0 radical (unpaired) electrons. The highest BCUT2D eigenvalue weighted by molar-refractivity contribution is 14.1. The summed E-state index contributed by atoms with van der Waals surface area (Å²) in [5.41, 5.74) is 1.20. The molecule has 5 heteroatoms. The number of halogens is 1. The monoisotopic (exact) mass is 347 g/mol. The van der Waals surface area contributed by atoms with E-state index < -0.39 is 0 Å². The Balaban J connectivity index is 2.26. The summed E-state index contributed by atoms with van der Waals surface area (Å²) >= 11 is 2.35. The molecule has 1 aromatic heterocycles. The van der Waals surface area contributed by atoms with Crippen molar-refractivity contribution < 1.29 is 4.74 Å². The van der Waals surface area contributed by atoms with E-state index in [-0.39, 0.29) is 0 Å². The third-order valence-electron chi connectivity index (χ3n) is 2.67. The maximum absolute atomic E-state index is 5.39. The first kappa shape index (κ1) is 13.0. The van der Waals surface area contributed by atoms with E-state index in [1.807, 2.05) is 6.92 Å². The number of anilines is 1. The molecule has 1 aromatic rings. The second kappa shape index (κ2) is 5.95.